The van der Waals surface area contributed by atoms with Gasteiger partial charge in [-0.3, -0.25) is 9.59 Å². The Morgan fingerprint density at radius 2 is 1.69 bits per heavy atom. The molecule has 3 N–H and O–H groups in total. The summed E-state index contributed by atoms with van der Waals surface area (Å²) in [6.45, 7) is 2.73. The molecule has 5 rings (SSSR count). The van der Waals surface area contributed by atoms with Crippen molar-refractivity contribution in [3.63, 3.8) is 0 Å². The molecule has 4 fully saturated rings. The number of ketones is 1. The predicted octanol–water partition coefficient (Wildman–Crippen LogP) is 3.05. The summed E-state index contributed by atoms with van der Waals surface area (Å²) in [4.78, 5) is 24.2. The molecule has 0 aromatic heterocycles. The van der Waals surface area contributed by atoms with Gasteiger partial charge in [0, 0.05) is 11.8 Å². The van der Waals surface area contributed by atoms with Crippen LogP contribution in [0.5, 0.6) is 0 Å². The highest BCUT2D eigenvalue weighted by molar-refractivity contribution is 7.89. The van der Waals surface area contributed by atoms with Crippen molar-refractivity contribution < 1.29 is 31.2 Å². The molecular formula is C22H27F3N2O4S. The molecule has 4 aliphatic rings. The average Bonchev–Trinajstić information content (AvgIpc) is 2.67. The van der Waals surface area contributed by atoms with E-state index in [9.17, 15) is 31.2 Å². The summed E-state index contributed by atoms with van der Waals surface area (Å²) in [7, 11) is -4.63. The van der Waals surface area contributed by atoms with Gasteiger partial charge in [-0.15, -0.1) is 0 Å². The van der Waals surface area contributed by atoms with Crippen molar-refractivity contribution >= 4 is 21.7 Å². The van der Waals surface area contributed by atoms with E-state index in [1.165, 1.54) is 13.8 Å². The van der Waals surface area contributed by atoms with Crippen LogP contribution in [0.25, 0.3) is 0 Å². The Kier molecular flexibility index (Phi) is 5.48. The van der Waals surface area contributed by atoms with Gasteiger partial charge >= 0.3 is 0 Å². The largest absolute Gasteiger partial charge is 0.369 e. The van der Waals surface area contributed by atoms with Crippen LogP contribution in [0.15, 0.2) is 17.0 Å². The number of carbonyl (C=O) groups is 2. The van der Waals surface area contributed by atoms with E-state index in [0.717, 1.165) is 19.3 Å². The van der Waals surface area contributed by atoms with Crippen molar-refractivity contribution in [1.82, 2.24) is 4.72 Å². The topological polar surface area (TPSA) is 106 Å². The SMILES string of the molecule is CC(C)(NS(=O)(=O)c1ccc(F)c(F)c1F)C(=O)CC1C2CC3CC1CC(C(N)=O)(C3)C2. The Hall–Kier alpha value is -1.94. The molecule has 176 valence electrons. The number of nitrogens with one attached hydrogen (secondary N) is 1. The van der Waals surface area contributed by atoms with Crippen molar-refractivity contribution in [2.75, 3.05) is 0 Å². The second-order valence-electron chi connectivity index (χ2n) is 10.3. The predicted molar refractivity (Wildman–Crippen MR) is 109 cm³/mol. The van der Waals surface area contributed by atoms with Crippen LogP contribution in [0.1, 0.15) is 52.4 Å². The van der Waals surface area contributed by atoms with Crippen LogP contribution in [0.4, 0.5) is 13.2 Å². The lowest BCUT2D eigenvalue weighted by Crippen LogP contribution is -2.57. The van der Waals surface area contributed by atoms with Gasteiger partial charge in [-0.05, 0) is 81.8 Å². The summed E-state index contributed by atoms with van der Waals surface area (Å²) in [6, 6.07) is 1.14. The van der Waals surface area contributed by atoms with Crippen LogP contribution in [-0.4, -0.2) is 25.6 Å². The quantitative estimate of drug-likeness (QED) is 0.595. The zero-order chi connectivity index (χ0) is 23.6. The van der Waals surface area contributed by atoms with Crippen LogP contribution in [0.2, 0.25) is 0 Å². The summed E-state index contributed by atoms with van der Waals surface area (Å²) in [5, 5.41) is 0. The third kappa shape index (κ3) is 3.75. The smallest absolute Gasteiger partial charge is 0.244 e. The maximum absolute atomic E-state index is 14.0. The van der Waals surface area contributed by atoms with Crippen molar-refractivity contribution in [3.05, 3.63) is 29.6 Å². The summed E-state index contributed by atoms with van der Waals surface area (Å²) in [6.07, 6.45) is 4.08. The van der Waals surface area contributed by atoms with E-state index in [-0.39, 0.29) is 35.9 Å². The second-order valence-corrected chi connectivity index (χ2v) is 12.0. The Balaban J connectivity index is 1.50. The number of halogens is 3. The van der Waals surface area contributed by atoms with E-state index in [0.29, 0.717) is 30.9 Å². The third-order valence-corrected chi connectivity index (χ3v) is 9.46. The lowest BCUT2D eigenvalue weighted by molar-refractivity contribution is -0.152. The third-order valence-electron chi connectivity index (χ3n) is 7.79. The van der Waals surface area contributed by atoms with Gasteiger partial charge in [0.1, 0.15) is 4.90 Å². The van der Waals surface area contributed by atoms with Crippen LogP contribution >= 0.6 is 0 Å². The molecule has 10 heteroatoms. The molecule has 4 bridgehead atoms. The number of nitrogens with two attached hydrogens (primary N) is 1. The first-order chi connectivity index (χ1) is 14.8. The lowest BCUT2D eigenvalue weighted by atomic mass is 9.45. The van der Waals surface area contributed by atoms with E-state index < -0.39 is 43.3 Å². The van der Waals surface area contributed by atoms with Gasteiger partial charge in [-0.25, -0.2) is 21.6 Å². The number of hydrogen-bond acceptors (Lipinski definition) is 4. The molecule has 2 unspecified atom stereocenters. The fraction of sp³-hybridized carbons (Fsp3) is 0.636. The molecule has 4 aliphatic carbocycles. The molecule has 2 atom stereocenters. The van der Waals surface area contributed by atoms with E-state index in [1.54, 1.807) is 0 Å². The summed E-state index contributed by atoms with van der Waals surface area (Å²) in [5.41, 5.74) is 3.62. The molecule has 32 heavy (non-hydrogen) atoms. The van der Waals surface area contributed by atoms with Gasteiger partial charge in [0.25, 0.3) is 0 Å². The molecule has 0 radical (unpaired) electrons. The number of amides is 1. The summed E-state index contributed by atoms with van der Waals surface area (Å²) < 4.78 is 68.2. The molecule has 1 amide bonds. The first-order valence-electron chi connectivity index (χ1n) is 10.8. The zero-order valence-electron chi connectivity index (χ0n) is 18.0. The zero-order valence-corrected chi connectivity index (χ0v) is 18.8. The van der Waals surface area contributed by atoms with Crippen molar-refractivity contribution in [2.24, 2.45) is 34.8 Å². The van der Waals surface area contributed by atoms with E-state index in [2.05, 4.69) is 4.72 Å². The maximum atomic E-state index is 14.0. The van der Waals surface area contributed by atoms with Gasteiger partial charge < -0.3 is 5.73 Å². The molecule has 6 nitrogen and oxygen atoms in total. The monoisotopic (exact) mass is 472 g/mol. The number of benzene rings is 1. The number of sulfonamides is 1. The molecule has 0 spiro atoms. The standard InChI is InChI=1S/C22H27F3N2O4S/c1-21(2,27-32(30,31)16-4-3-15(23)18(24)19(16)25)17(28)7-14-12-5-11-6-13(14)10-22(8-11,9-12)20(26)29/h3-4,11-14,27H,5-10H2,1-2H3,(H2,26,29). The van der Waals surface area contributed by atoms with Crippen LogP contribution in [0, 0.1) is 46.5 Å². The maximum Gasteiger partial charge on any atom is 0.244 e. The van der Waals surface area contributed by atoms with Crippen molar-refractivity contribution in [1.29, 1.82) is 0 Å². The van der Waals surface area contributed by atoms with E-state index in [1.807, 2.05) is 0 Å². The Bertz CT molecular complexity index is 1070. The highest BCUT2D eigenvalue weighted by Gasteiger charge is 2.58. The Morgan fingerprint density at radius 1 is 1.09 bits per heavy atom. The summed E-state index contributed by atoms with van der Waals surface area (Å²) >= 11 is 0. The van der Waals surface area contributed by atoms with Crippen LogP contribution < -0.4 is 10.5 Å². The van der Waals surface area contributed by atoms with Gasteiger partial charge in [0.15, 0.2) is 23.2 Å². The number of rotatable bonds is 7. The first-order valence-corrected chi connectivity index (χ1v) is 12.2. The molecular weight excluding hydrogens is 445 g/mol. The number of hydrogen-bond donors (Lipinski definition) is 2. The van der Waals surface area contributed by atoms with Gasteiger partial charge in [0.05, 0.1) is 5.54 Å². The minimum absolute atomic E-state index is 0.0234. The minimum atomic E-state index is -4.63. The number of carbonyl (C=O) groups excluding carboxylic acids is 2. The molecule has 0 aliphatic heterocycles. The second kappa shape index (κ2) is 7.55. The van der Waals surface area contributed by atoms with E-state index >= 15 is 0 Å². The fourth-order valence-electron chi connectivity index (χ4n) is 6.40. The minimum Gasteiger partial charge on any atom is -0.369 e. The lowest BCUT2D eigenvalue weighted by Gasteiger charge is -2.59. The van der Waals surface area contributed by atoms with Gasteiger partial charge in [-0.2, -0.15) is 4.72 Å². The Labute approximate surface area is 185 Å². The number of Topliss-reactive ketones (excluding diaryl/α,β-unsaturated/α-hetero) is 1. The van der Waals surface area contributed by atoms with E-state index in [4.69, 9.17) is 5.73 Å². The van der Waals surface area contributed by atoms with Crippen molar-refractivity contribution in [3.8, 4) is 0 Å². The van der Waals surface area contributed by atoms with Gasteiger partial charge in [0.2, 0.25) is 15.9 Å². The normalized spacial score (nSPS) is 31.7. The highest BCUT2D eigenvalue weighted by Crippen LogP contribution is 2.62. The van der Waals surface area contributed by atoms with Gasteiger partial charge in [-0.1, -0.05) is 0 Å². The number of primary amides is 1. The first kappa shape index (κ1) is 23.2. The Morgan fingerprint density at radius 3 is 2.25 bits per heavy atom. The highest BCUT2D eigenvalue weighted by atomic mass is 32.2. The molecule has 1 aromatic rings. The van der Waals surface area contributed by atoms with Crippen LogP contribution in [-0.2, 0) is 19.6 Å². The summed E-state index contributed by atoms with van der Waals surface area (Å²) in [5.74, 6) is -5.09. The molecule has 4 saturated carbocycles. The van der Waals surface area contributed by atoms with Crippen LogP contribution in [0.3, 0.4) is 0 Å². The molecule has 1 aromatic carbocycles. The fourth-order valence-corrected chi connectivity index (χ4v) is 7.87. The van der Waals surface area contributed by atoms with Crippen molar-refractivity contribution in [2.45, 2.75) is 62.8 Å². The average molecular weight is 473 g/mol. The molecule has 0 saturated heterocycles. The molecule has 0 heterocycles.